The predicted molar refractivity (Wildman–Crippen MR) is 107 cm³/mol. The third-order valence-electron chi connectivity index (χ3n) is 5.04. The van der Waals surface area contributed by atoms with Gasteiger partial charge in [-0.1, -0.05) is 6.07 Å². The van der Waals surface area contributed by atoms with Crippen molar-refractivity contribution in [1.29, 1.82) is 0 Å². The number of hydrogen-bond donors (Lipinski definition) is 2. The summed E-state index contributed by atoms with van der Waals surface area (Å²) in [4.78, 5) is 17.9. The van der Waals surface area contributed by atoms with Crippen LogP contribution in [0.15, 0.2) is 24.4 Å². The van der Waals surface area contributed by atoms with Crippen LogP contribution in [0.2, 0.25) is 0 Å². The number of benzene rings is 1. The van der Waals surface area contributed by atoms with Crippen molar-refractivity contribution in [2.75, 3.05) is 36.5 Å². The van der Waals surface area contributed by atoms with Crippen LogP contribution < -0.4 is 10.2 Å². The second kappa shape index (κ2) is 7.89. The maximum Gasteiger partial charge on any atom is 0.393 e. The summed E-state index contributed by atoms with van der Waals surface area (Å²) in [5.74, 6) is 0.467. The average Bonchev–Trinajstić information content (AvgIpc) is 3.36. The fraction of sp³-hybridized carbons (Fsp3) is 0.368. The monoisotopic (exact) mass is 450 g/mol. The molecule has 1 aliphatic rings. The lowest BCUT2D eigenvalue weighted by Gasteiger charge is -2.27. The van der Waals surface area contributed by atoms with E-state index in [0.717, 1.165) is 6.20 Å². The van der Waals surface area contributed by atoms with E-state index < -0.39 is 18.4 Å². The molecule has 0 atom stereocenters. The van der Waals surface area contributed by atoms with E-state index in [-0.39, 0.29) is 35.2 Å². The van der Waals surface area contributed by atoms with Crippen LogP contribution in [-0.4, -0.2) is 62.0 Å². The number of aromatic nitrogens is 6. The number of ether oxygens (including phenoxy) is 1. The van der Waals surface area contributed by atoms with Crippen LogP contribution in [0, 0.1) is 5.82 Å². The number of aromatic amines is 1. The molecule has 2 N–H and O–H groups in total. The Morgan fingerprint density at radius 3 is 2.69 bits per heavy atom. The Bertz CT molecular complexity index is 1260. The van der Waals surface area contributed by atoms with Crippen LogP contribution in [0.5, 0.6) is 0 Å². The number of hydrogen-bond acceptors (Lipinski definition) is 7. The Morgan fingerprint density at radius 2 is 1.94 bits per heavy atom. The summed E-state index contributed by atoms with van der Waals surface area (Å²) in [5.41, 5.74) is 0.758. The molecule has 0 spiro atoms. The Hall–Kier alpha value is -3.48. The quantitative estimate of drug-likeness (QED) is 0.452. The molecule has 1 fully saturated rings. The van der Waals surface area contributed by atoms with Gasteiger partial charge in [-0.15, -0.1) is 0 Å². The van der Waals surface area contributed by atoms with Crippen molar-refractivity contribution in [3.05, 3.63) is 41.6 Å². The zero-order valence-corrected chi connectivity index (χ0v) is 16.7. The van der Waals surface area contributed by atoms with Gasteiger partial charge in [0.15, 0.2) is 11.5 Å². The molecule has 9 nitrogen and oxygen atoms in total. The average molecular weight is 450 g/mol. The normalized spacial score (nSPS) is 15.1. The minimum Gasteiger partial charge on any atom is -0.378 e. The molecular formula is C19H18F4N8O. The van der Waals surface area contributed by atoms with E-state index in [1.165, 1.54) is 10.6 Å². The number of alkyl halides is 3. The molecule has 4 heterocycles. The van der Waals surface area contributed by atoms with Crippen molar-refractivity contribution in [2.45, 2.75) is 19.1 Å². The van der Waals surface area contributed by atoms with Gasteiger partial charge in [-0.3, -0.25) is 0 Å². The van der Waals surface area contributed by atoms with Gasteiger partial charge in [0.05, 0.1) is 37.9 Å². The maximum absolute atomic E-state index is 13.9. The van der Waals surface area contributed by atoms with Gasteiger partial charge in [0.2, 0.25) is 11.9 Å². The largest absolute Gasteiger partial charge is 0.393 e. The second-order valence-corrected chi connectivity index (χ2v) is 7.32. The SMILES string of the molecule is Fc1cccc2[nH]c(CNc3nc(N4CCOCC4)nc4c(CC(F)(F)F)cnn34)nc12. The Kier molecular flexibility index (Phi) is 5.04. The highest BCUT2D eigenvalue weighted by Crippen LogP contribution is 2.26. The van der Waals surface area contributed by atoms with Crippen LogP contribution in [0.4, 0.5) is 29.5 Å². The molecule has 1 aliphatic heterocycles. The highest BCUT2D eigenvalue weighted by atomic mass is 19.4. The van der Waals surface area contributed by atoms with Crippen LogP contribution in [0.3, 0.4) is 0 Å². The minimum absolute atomic E-state index is 0.0525. The molecule has 1 aromatic carbocycles. The third kappa shape index (κ3) is 4.02. The molecule has 168 valence electrons. The van der Waals surface area contributed by atoms with Crippen LogP contribution in [0.25, 0.3) is 16.7 Å². The molecule has 0 bridgehead atoms. The highest BCUT2D eigenvalue weighted by Gasteiger charge is 2.30. The van der Waals surface area contributed by atoms with E-state index in [2.05, 4.69) is 30.4 Å². The third-order valence-corrected chi connectivity index (χ3v) is 5.04. The van der Waals surface area contributed by atoms with Gasteiger partial charge in [0.25, 0.3) is 0 Å². The van der Waals surface area contributed by atoms with Crippen molar-refractivity contribution in [3.63, 3.8) is 0 Å². The van der Waals surface area contributed by atoms with Crippen molar-refractivity contribution in [3.8, 4) is 0 Å². The number of anilines is 2. The Morgan fingerprint density at radius 1 is 1.12 bits per heavy atom. The molecule has 32 heavy (non-hydrogen) atoms. The van der Waals surface area contributed by atoms with Gasteiger partial charge in [0.1, 0.15) is 11.3 Å². The first-order valence-electron chi connectivity index (χ1n) is 9.88. The summed E-state index contributed by atoms with van der Waals surface area (Å²) in [6.45, 7) is 2.09. The van der Waals surface area contributed by atoms with Crippen molar-refractivity contribution >= 4 is 28.6 Å². The molecule has 0 radical (unpaired) electrons. The molecule has 13 heteroatoms. The van der Waals surface area contributed by atoms with Gasteiger partial charge in [0, 0.05) is 18.7 Å². The predicted octanol–water partition coefficient (Wildman–Crippen LogP) is 2.69. The number of nitrogens with one attached hydrogen (secondary N) is 2. The van der Waals surface area contributed by atoms with Crippen molar-refractivity contribution < 1.29 is 22.3 Å². The topological polar surface area (TPSA) is 96.3 Å². The number of nitrogens with zero attached hydrogens (tertiary/aromatic N) is 6. The molecule has 4 aromatic rings. The number of H-pyrrole nitrogens is 1. The zero-order chi connectivity index (χ0) is 22.3. The number of halogens is 4. The van der Waals surface area contributed by atoms with Gasteiger partial charge in [-0.25, -0.2) is 9.37 Å². The van der Waals surface area contributed by atoms with E-state index in [4.69, 9.17) is 4.74 Å². The lowest BCUT2D eigenvalue weighted by molar-refractivity contribution is -0.127. The van der Waals surface area contributed by atoms with E-state index in [9.17, 15) is 17.6 Å². The number of para-hydroxylation sites is 1. The van der Waals surface area contributed by atoms with Crippen LogP contribution >= 0.6 is 0 Å². The van der Waals surface area contributed by atoms with Crippen molar-refractivity contribution in [2.24, 2.45) is 0 Å². The van der Waals surface area contributed by atoms with E-state index in [1.54, 1.807) is 12.1 Å². The highest BCUT2D eigenvalue weighted by molar-refractivity contribution is 5.75. The summed E-state index contributed by atoms with van der Waals surface area (Å²) in [6.07, 6.45) is -4.42. The van der Waals surface area contributed by atoms with Crippen LogP contribution in [-0.2, 0) is 17.7 Å². The van der Waals surface area contributed by atoms with Gasteiger partial charge in [-0.2, -0.15) is 32.8 Å². The molecule has 1 saturated heterocycles. The van der Waals surface area contributed by atoms with E-state index >= 15 is 0 Å². The molecule has 0 unspecified atom stereocenters. The smallest absolute Gasteiger partial charge is 0.378 e. The first kappa shape index (κ1) is 20.4. The molecule has 5 rings (SSSR count). The Labute approximate surface area is 178 Å². The molecule has 0 amide bonds. The summed E-state index contributed by atoms with van der Waals surface area (Å²) in [5, 5.41) is 7.09. The van der Waals surface area contributed by atoms with Gasteiger partial charge >= 0.3 is 6.18 Å². The van der Waals surface area contributed by atoms with Gasteiger partial charge in [-0.05, 0) is 12.1 Å². The summed E-state index contributed by atoms with van der Waals surface area (Å²) in [6, 6.07) is 4.58. The zero-order valence-electron chi connectivity index (χ0n) is 16.7. The molecule has 0 saturated carbocycles. The second-order valence-electron chi connectivity index (χ2n) is 7.32. The minimum atomic E-state index is -4.40. The maximum atomic E-state index is 13.9. The molecule has 0 aliphatic carbocycles. The standard InChI is InChI=1S/C19H18F4N8O/c20-12-2-1-3-13-15(12)27-14(26-13)10-24-17-29-18(30-4-6-32-7-5-30)28-16-11(8-19(21,22)23)9-25-31(16)17/h1-3,9H,4-8,10H2,(H,26,27)(H,24,28,29). The van der Waals surface area contributed by atoms with E-state index in [1.807, 2.05) is 4.90 Å². The summed E-state index contributed by atoms with van der Waals surface area (Å²) >= 11 is 0. The number of fused-ring (bicyclic) bond motifs is 2. The van der Waals surface area contributed by atoms with Crippen LogP contribution in [0.1, 0.15) is 11.4 Å². The number of morpholine rings is 1. The van der Waals surface area contributed by atoms with Gasteiger partial charge < -0.3 is 19.9 Å². The summed E-state index contributed by atoms with van der Waals surface area (Å²) < 4.78 is 59.6. The number of rotatable bonds is 5. The molecule has 3 aromatic heterocycles. The lowest BCUT2D eigenvalue weighted by atomic mass is 10.2. The first-order chi connectivity index (χ1) is 15.4. The summed E-state index contributed by atoms with van der Waals surface area (Å²) in [7, 11) is 0. The lowest BCUT2D eigenvalue weighted by Crippen LogP contribution is -2.37. The van der Waals surface area contributed by atoms with Crippen molar-refractivity contribution in [1.82, 2.24) is 29.5 Å². The number of imidazole rings is 1. The van der Waals surface area contributed by atoms with E-state index in [0.29, 0.717) is 37.6 Å². The first-order valence-corrected chi connectivity index (χ1v) is 9.88. The Balaban J connectivity index is 1.50. The molecular weight excluding hydrogens is 432 g/mol. The fourth-order valence-corrected chi connectivity index (χ4v) is 3.57. The fourth-order valence-electron chi connectivity index (χ4n) is 3.57.